The molecule has 0 aromatic carbocycles. The third-order valence-corrected chi connectivity index (χ3v) is 5.33. The number of rotatable bonds is 2. The number of hydrogen-bond donors (Lipinski definition) is 3. The van der Waals surface area contributed by atoms with Gasteiger partial charge in [0.25, 0.3) is 0 Å². The van der Waals surface area contributed by atoms with E-state index in [0.717, 1.165) is 58.2 Å². The Labute approximate surface area is 132 Å². The van der Waals surface area contributed by atoms with Crippen molar-refractivity contribution in [3.05, 3.63) is 0 Å². The molecule has 5 nitrogen and oxygen atoms in total. The van der Waals surface area contributed by atoms with Crippen molar-refractivity contribution in [3.8, 4) is 0 Å². The van der Waals surface area contributed by atoms with Gasteiger partial charge in [-0.05, 0) is 44.6 Å². The fourth-order valence-corrected chi connectivity index (χ4v) is 4.07. The molecule has 2 aliphatic heterocycles. The van der Waals surface area contributed by atoms with Crippen molar-refractivity contribution in [1.82, 2.24) is 16.0 Å². The average molecular weight is 316 g/mol. The summed E-state index contributed by atoms with van der Waals surface area (Å²) in [6.07, 6.45) is 7.23. The van der Waals surface area contributed by atoms with Gasteiger partial charge in [0.2, 0.25) is 11.8 Å². The summed E-state index contributed by atoms with van der Waals surface area (Å²) in [5.41, 5.74) is -0.259. The highest BCUT2D eigenvalue weighted by atomic mass is 35.5. The molecule has 0 aromatic heterocycles. The first-order valence-corrected chi connectivity index (χ1v) is 8.02. The Morgan fingerprint density at radius 1 is 1.19 bits per heavy atom. The topological polar surface area (TPSA) is 70.2 Å². The van der Waals surface area contributed by atoms with E-state index < -0.39 is 0 Å². The lowest BCUT2D eigenvalue weighted by molar-refractivity contribution is -0.137. The molecule has 2 heterocycles. The van der Waals surface area contributed by atoms with Crippen LogP contribution in [0.5, 0.6) is 0 Å². The Bertz CT molecular complexity index is 404. The second kappa shape index (κ2) is 6.97. The van der Waals surface area contributed by atoms with Crippen LogP contribution in [-0.4, -0.2) is 37.5 Å². The standard InChI is InChI=1S/C15H25N3O2.ClH/c19-13-12(6-2-4-8-17-13)18-14(20)15-7-3-1-5-11(15)9-16-10-15;/h11-12,16H,1-10H2,(H,17,19)(H,18,20);1H/t11-,12?,15+;/m0./s1. The van der Waals surface area contributed by atoms with Gasteiger partial charge in [-0.2, -0.15) is 0 Å². The van der Waals surface area contributed by atoms with Crippen molar-refractivity contribution in [2.24, 2.45) is 11.3 Å². The summed E-state index contributed by atoms with van der Waals surface area (Å²) in [4.78, 5) is 24.8. The maximum absolute atomic E-state index is 12.8. The van der Waals surface area contributed by atoms with Crippen molar-refractivity contribution < 1.29 is 9.59 Å². The minimum atomic E-state index is -0.331. The molecule has 0 radical (unpaired) electrons. The van der Waals surface area contributed by atoms with E-state index in [2.05, 4.69) is 16.0 Å². The number of nitrogens with one attached hydrogen (secondary N) is 3. The predicted octanol–water partition coefficient (Wildman–Crippen LogP) is 0.973. The van der Waals surface area contributed by atoms with Crippen LogP contribution in [-0.2, 0) is 9.59 Å². The van der Waals surface area contributed by atoms with Gasteiger partial charge in [0.1, 0.15) is 6.04 Å². The monoisotopic (exact) mass is 315 g/mol. The highest BCUT2D eigenvalue weighted by molar-refractivity contribution is 5.90. The van der Waals surface area contributed by atoms with Crippen LogP contribution in [0.4, 0.5) is 0 Å². The smallest absolute Gasteiger partial charge is 0.242 e. The number of carbonyl (C=O) groups is 2. The molecule has 3 aliphatic rings. The van der Waals surface area contributed by atoms with Crippen LogP contribution in [0.15, 0.2) is 0 Å². The maximum atomic E-state index is 12.8. The number of amides is 2. The molecule has 2 amide bonds. The summed E-state index contributed by atoms with van der Waals surface area (Å²) < 4.78 is 0. The van der Waals surface area contributed by atoms with Crippen LogP contribution in [0.3, 0.4) is 0 Å². The molecule has 3 atom stereocenters. The largest absolute Gasteiger partial charge is 0.354 e. The quantitative estimate of drug-likeness (QED) is 0.711. The van der Waals surface area contributed by atoms with Crippen LogP contribution in [0.2, 0.25) is 0 Å². The molecule has 2 saturated heterocycles. The molecule has 1 unspecified atom stereocenters. The molecule has 3 N–H and O–H groups in total. The average Bonchev–Trinajstić information content (AvgIpc) is 2.80. The molecule has 120 valence electrons. The van der Waals surface area contributed by atoms with Crippen molar-refractivity contribution in [1.29, 1.82) is 0 Å². The van der Waals surface area contributed by atoms with E-state index in [9.17, 15) is 9.59 Å². The highest BCUT2D eigenvalue weighted by Crippen LogP contribution is 2.44. The van der Waals surface area contributed by atoms with Gasteiger partial charge in [-0.15, -0.1) is 12.4 Å². The zero-order chi connectivity index (χ0) is 14.0. The van der Waals surface area contributed by atoms with E-state index in [1.54, 1.807) is 0 Å². The van der Waals surface area contributed by atoms with Crippen molar-refractivity contribution in [2.45, 2.75) is 51.0 Å². The Morgan fingerprint density at radius 3 is 2.86 bits per heavy atom. The van der Waals surface area contributed by atoms with Gasteiger partial charge >= 0.3 is 0 Å². The first-order chi connectivity index (χ1) is 9.72. The molecule has 3 rings (SSSR count). The van der Waals surface area contributed by atoms with Crippen LogP contribution >= 0.6 is 12.4 Å². The zero-order valence-electron chi connectivity index (χ0n) is 12.5. The Hall–Kier alpha value is -0.810. The molecular formula is C15H26ClN3O2. The van der Waals surface area contributed by atoms with Crippen LogP contribution in [0.1, 0.15) is 44.9 Å². The van der Waals surface area contributed by atoms with Gasteiger partial charge < -0.3 is 16.0 Å². The maximum Gasteiger partial charge on any atom is 0.242 e. The van der Waals surface area contributed by atoms with Crippen LogP contribution < -0.4 is 16.0 Å². The van der Waals surface area contributed by atoms with Gasteiger partial charge in [-0.25, -0.2) is 0 Å². The van der Waals surface area contributed by atoms with Gasteiger partial charge in [0.05, 0.1) is 5.41 Å². The van der Waals surface area contributed by atoms with E-state index in [-0.39, 0.29) is 35.7 Å². The number of fused-ring (bicyclic) bond motifs is 1. The lowest BCUT2D eigenvalue weighted by Crippen LogP contribution is -2.54. The molecule has 21 heavy (non-hydrogen) atoms. The van der Waals surface area contributed by atoms with Crippen molar-refractivity contribution in [3.63, 3.8) is 0 Å². The second-order valence-corrected chi connectivity index (χ2v) is 6.54. The molecule has 0 aromatic rings. The Morgan fingerprint density at radius 2 is 2.00 bits per heavy atom. The minimum absolute atomic E-state index is 0. The lowest BCUT2D eigenvalue weighted by atomic mass is 9.67. The fourth-order valence-electron chi connectivity index (χ4n) is 4.07. The molecule has 0 bridgehead atoms. The summed E-state index contributed by atoms with van der Waals surface area (Å²) in [5, 5.41) is 9.33. The minimum Gasteiger partial charge on any atom is -0.354 e. The summed E-state index contributed by atoms with van der Waals surface area (Å²) in [7, 11) is 0. The lowest BCUT2D eigenvalue weighted by Gasteiger charge is -2.38. The Kier molecular flexibility index (Phi) is 5.49. The third-order valence-electron chi connectivity index (χ3n) is 5.33. The first kappa shape index (κ1) is 16.6. The van der Waals surface area contributed by atoms with Gasteiger partial charge in [-0.3, -0.25) is 9.59 Å². The first-order valence-electron chi connectivity index (χ1n) is 8.02. The molecule has 6 heteroatoms. The fraction of sp³-hybridized carbons (Fsp3) is 0.867. The Balaban J connectivity index is 0.00000161. The molecule has 1 saturated carbocycles. The molecule has 1 aliphatic carbocycles. The van der Waals surface area contributed by atoms with Gasteiger partial charge in [0.15, 0.2) is 0 Å². The van der Waals surface area contributed by atoms with E-state index in [1.807, 2.05) is 0 Å². The summed E-state index contributed by atoms with van der Waals surface area (Å²) in [6.45, 7) is 2.46. The number of hydrogen-bond acceptors (Lipinski definition) is 3. The molecule has 3 fully saturated rings. The predicted molar refractivity (Wildman–Crippen MR) is 83.3 cm³/mol. The summed E-state index contributed by atoms with van der Waals surface area (Å²) in [5.74, 6) is 0.546. The van der Waals surface area contributed by atoms with E-state index >= 15 is 0 Å². The van der Waals surface area contributed by atoms with E-state index in [0.29, 0.717) is 5.92 Å². The van der Waals surface area contributed by atoms with Crippen molar-refractivity contribution >= 4 is 24.2 Å². The normalized spacial score (nSPS) is 35.9. The second-order valence-electron chi connectivity index (χ2n) is 6.54. The zero-order valence-corrected chi connectivity index (χ0v) is 13.3. The molecule has 0 spiro atoms. The SMILES string of the molecule is Cl.O=C1NCCCCC1NC(=O)[C@@]12CCCC[C@H]1CNC2. The number of carbonyl (C=O) groups excluding carboxylic acids is 2. The summed E-state index contributed by atoms with van der Waals surface area (Å²) in [6, 6.07) is -0.331. The molecular weight excluding hydrogens is 290 g/mol. The van der Waals surface area contributed by atoms with E-state index in [4.69, 9.17) is 0 Å². The summed E-state index contributed by atoms with van der Waals surface area (Å²) >= 11 is 0. The van der Waals surface area contributed by atoms with Gasteiger partial charge in [-0.1, -0.05) is 12.8 Å². The third kappa shape index (κ3) is 3.19. The van der Waals surface area contributed by atoms with Crippen LogP contribution in [0.25, 0.3) is 0 Å². The van der Waals surface area contributed by atoms with Crippen molar-refractivity contribution in [2.75, 3.05) is 19.6 Å². The highest BCUT2D eigenvalue weighted by Gasteiger charge is 2.50. The number of halogens is 1. The van der Waals surface area contributed by atoms with E-state index in [1.165, 1.54) is 6.42 Å². The van der Waals surface area contributed by atoms with Crippen LogP contribution in [0, 0.1) is 11.3 Å². The van der Waals surface area contributed by atoms with Gasteiger partial charge in [0, 0.05) is 13.1 Å².